The van der Waals surface area contributed by atoms with Gasteiger partial charge in [0.1, 0.15) is 5.41 Å². The molecule has 0 amide bonds. The van der Waals surface area contributed by atoms with Gasteiger partial charge in [-0.25, -0.2) is 0 Å². The van der Waals surface area contributed by atoms with Crippen molar-refractivity contribution in [1.29, 1.82) is 0 Å². The van der Waals surface area contributed by atoms with Crippen molar-refractivity contribution in [2.75, 3.05) is 0 Å². The van der Waals surface area contributed by atoms with Gasteiger partial charge in [-0.1, -0.05) is 19.0 Å². The molecule has 2 nitrogen and oxygen atoms in total. The zero-order valence-corrected chi connectivity index (χ0v) is 9.85. The molecular weight excluding hydrogens is 219 g/mol. The molecule has 1 aromatic rings. The molecule has 1 rings (SSSR count). The molecule has 92 valence electrons. The first-order valence-corrected chi connectivity index (χ1v) is 5.24. The third-order valence-corrected chi connectivity index (χ3v) is 2.97. The van der Waals surface area contributed by atoms with Crippen molar-refractivity contribution < 1.29 is 17.7 Å². The minimum absolute atomic E-state index is 0.113. The zero-order valence-electron chi connectivity index (χ0n) is 9.85. The maximum atomic E-state index is 12.7. The van der Waals surface area contributed by atoms with Gasteiger partial charge in [0.15, 0.2) is 5.76 Å². The fourth-order valence-electron chi connectivity index (χ4n) is 1.16. The number of hydrogen-bond donors (Lipinski definition) is 0. The van der Waals surface area contributed by atoms with Crippen LogP contribution in [0.15, 0.2) is 10.6 Å². The molecule has 0 aliphatic heterocycles. The third kappa shape index (κ3) is 2.23. The average molecular weight is 235 g/mol. The summed E-state index contributed by atoms with van der Waals surface area (Å²) < 4.78 is 43.0. The lowest BCUT2D eigenvalue weighted by molar-refractivity contribution is -0.185. The van der Waals surface area contributed by atoms with Crippen molar-refractivity contribution in [3.05, 3.63) is 17.5 Å². The topological polar surface area (TPSA) is 26.0 Å². The van der Waals surface area contributed by atoms with Crippen LogP contribution in [0.3, 0.4) is 0 Å². The lowest BCUT2D eigenvalue weighted by Crippen LogP contribution is -2.35. The Bertz CT molecular complexity index is 354. The summed E-state index contributed by atoms with van der Waals surface area (Å²) in [6.07, 6.45) is -3.52. The highest BCUT2D eigenvalue weighted by Crippen LogP contribution is 2.41. The monoisotopic (exact) mass is 235 g/mol. The van der Waals surface area contributed by atoms with Crippen LogP contribution in [-0.2, 0) is 5.41 Å². The van der Waals surface area contributed by atoms with Crippen molar-refractivity contribution in [2.24, 2.45) is 0 Å². The van der Waals surface area contributed by atoms with Crippen LogP contribution < -0.4 is 0 Å². The Morgan fingerprint density at radius 3 is 2.38 bits per heavy atom. The van der Waals surface area contributed by atoms with Gasteiger partial charge in [0.05, 0.1) is 5.69 Å². The zero-order chi connectivity index (χ0) is 12.6. The van der Waals surface area contributed by atoms with Gasteiger partial charge >= 0.3 is 6.18 Å². The highest BCUT2D eigenvalue weighted by Gasteiger charge is 2.51. The largest absolute Gasteiger partial charge is 0.401 e. The summed E-state index contributed by atoms with van der Waals surface area (Å²) in [5, 5.41) is 3.69. The summed E-state index contributed by atoms with van der Waals surface area (Å²) in [5.41, 5.74) is -1.42. The van der Waals surface area contributed by atoms with Gasteiger partial charge in [-0.05, 0) is 20.3 Å². The van der Waals surface area contributed by atoms with E-state index in [1.54, 1.807) is 0 Å². The standard InChI is InChI=1S/C11H16F3NO/c1-5-7(2)8-6-9(16-15-8)10(3,4)11(12,13)14/h6-7H,5H2,1-4H3. The normalized spacial score (nSPS) is 15.2. The van der Waals surface area contributed by atoms with E-state index in [0.717, 1.165) is 20.3 Å². The number of halogens is 3. The lowest BCUT2D eigenvalue weighted by atomic mass is 9.88. The number of hydrogen-bond acceptors (Lipinski definition) is 2. The molecule has 1 heterocycles. The molecular formula is C11H16F3NO. The first kappa shape index (κ1) is 13.1. The van der Waals surface area contributed by atoms with Crippen LogP contribution >= 0.6 is 0 Å². The number of aromatic nitrogens is 1. The molecule has 0 aromatic carbocycles. The van der Waals surface area contributed by atoms with Crippen LogP contribution in [-0.4, -0.2) is 11.3 Å². The minimum atomic E-state index is -4.33. The van der Waals surface area contributed by atoms with Crippen molar-refractivity contribution >= 4 is 0 Å². The van der Waals surface area contributed by atoms with Crippen LogP contribution in [0.1, 0.15) is 51.5 Å². The van der Waals surface area contributed by atoms with Gasteiger partial charge in [-0.2, -0.15) is 13.2 Å². The van der Waals surface area contributed by atoms with E-state index in [0.29, 0.717) is 5.69 Å². The van der Waals surface area contributed by atoms with E-state index in [9.17, 15) is 13.2 Å². The van der Waals surface area contributed by atoms with Crippen molar-refractivity contribution in [3.63, 3.8) is 0 Å². The Morgan fingerprint density at radius 1 is 1.38 bits per heavy atom. The van der Waals surface area contributed by atoms with Crippen molar-refractivity contribution in [3.8, 4) is 0 Å². The van der Waals surface area contributed by atoms with Gasteiger partial charge in [-0.3, -0.25) is 0 Å². The summed E-state index contributed by atoms with van der Waals surface area (Å²) >= 11 is 0. The minimum Gasteiger partial charge on any atom is -0.360 e. The Balaban J connectivity index is 3.02. The molecule has 0 saturated heterocycles. The third-order valence-electron chi connectivity index (χ3n) is 2.97. The molecule has 1 atom stereocenters. The maximum absolute atomic E-state index is 12.7. The van der Waals surface area contributed by atoms with Crippen molar-refractivity contribution in [2.45, 2.75) is 51.6 Å². The smallest absolute Gasteiger partial charge is 0.360 e. The molecule has 0 radical (unpaired) electrons. The van der Waals surface area contributed by atoms with Crippen LogP contribution in [0.5, 0.6) is 0 Å². The molecule has 0 saturated carbocycles. The highest BCUT2D eigenvalue weighted by atomic mass is 19.4. The summed E-state index contributed by atoms with van der Waals surface area (Å²) in [6, 6.07) is 1.40. The molecule has 5 heteroatoms. The van der Waals surface area contributed by atoms with Gasteiger partial charge in [0.2, 0.25) is 0 Å². The Labute approximate surface area is 92.8 Å². The Morgan fingerprint density at radius 2 is 1.94 bits per heavy atom. The second-order valence-electron chi connectivity index (χ2n) is 4.55. The lowest BCUT2D eigenvalue weighted by Gasteiger charge is -2.24. The number of rotatable bonds is 3. The molecule has 0 aliphatic carbocycles. The molecule has 0 bridgehead atoms. The first-order valence-electron chi connectivity index (χ1n) is 5.24. The molecule has 1 aromatic heterocycles. The maximum Gasteiger partial charge on any atom is 0.401 e. The SMILES string of the molecule is CCC(C)c1cc(C(C)(C)C(F)(F)F)on1. The van der Waals surface area contributed by atoms with Crippen molar-refractivity contribution in [1.82, 2.24) is 5.16 Å². The van der Waals surface area contributed by atoms with E-state index in [4.69, 9.17) is 4.52 Å². The molecule has 16 heavy (non-hydrogen) atoms. The first-order chi connectivity index (χ1) is 7.20. The second-order valence-corrected chi connectivity index (χ2v) is 4.55. The van der Waals surface area contributed by atoms with E-state index in [2.05, 4.69) is 5.16 Å². The Hall–Kier alpha value is -1.00. The van der Waals surface area contributed by atoms with E-state index < -0.39 is 11.6 Å². The fraction of sp³-hybridized carbons (Fsp3) is 0.727. The van der Waals surface area contributed by atoms with Gasteiger partial charge in [0, 0.05) is 12.0 Å². The molecule has 0 fully saturated rings. The predicted octanol–water partition coefficient (Wildman–Crippen LogP) is 4.03. The second kappa shape index (κ2) is 4.11. The van der Waals surface area contributed by atoms with E-state index in [1.165, 1.54) is 6.07 Å². The summed E-state index contributed by atoms with van der Waals surface area (Å²) in [4.78, 5) is 0. The Kier molecular flexibility index (Phi) is 3.35. The van der Waals surface area contributed by atoms with Gasteiger partial charge in [-0.15, -0.1) is 0 Å². The average Bonchev–Trinajstić information content (AvgIpc) is 2.64. The predicted molar refractivity (Wildman–Crippen MR) is 54.3 cm³/mol. The molecule has 0 aliphatic rings. The van der Waals surface area contributed by atoms with Crippen LogP contribution in [0.25, 0.3) is 0 Å². The van der Waals surface area contributed by atoms with E-state index in [1.807, 2.05) is 13.8 Å². The van der Waals surface area contributed by atoms with Crippen LogP contribution in [0.2, 0.25) is 0 Å². The highest BCUT2D eigenvalue weighted by molar-refractivity contribution is 5.18. The van der Waals surface area contributed by atoms with E-state index >= 15 is 0 Å². The van der Waals surface area contributed by atoms with Crippen LogP contribution in [0.4, 0.5) is 13.2 Å². The van der Waals surface area contributed by atoms with E-state index in [-0.39, 0.29) is 11.7 Å². The van der Waals surface area contributed by atoms with Gasteiger partial charge in [0.25, 0.3) is 0 Å². The summed E-state index contributed by atoms with van der Waals surface area (Å²) in [7, 11) is 0. The number of alkyl halides is 3. The number of nitrogens with zero attached hydrogens (tertiary/aromatic N) is 1. The fourth-order valence-corrected chi connectivity index (χ4v) is 1.16. The van der Waals surface area contributed by atoms with Crippen LogP contribution in [0, 0.1) is 0 Å². The summed E-state index contributed by atoms with van der Waals surface area (Å²) in [5.74, 6) is -0.0168. The molecule has 0 N–H and O–H groups in total. The molecule has 1 unspecified atom stereocenters. The quantitative estimate of drug-likeness (QED) is 0.790. The van der Waals surface area contributed by atoms with Gasteiger partial charge < -0.3 is 4.52 Å². The summed E-state index contributed by atoms with van der Waals surface area (Å²) in [6.45, 7) is 6.04. The molecule has 0 spiro atoms.